The van der Waals surface area contributed by atoms with Gasteiger partial charge in [-0.2, -0.15) is 8.42 Å². The van der Waals surface area contributed by atoms with E-state index in [1.165, 1.54) is 0 Å². The quantitative estimate of drug-likeness (QED) is 0.342. The molecule has 0 aliphatic heterocycles. The van der Waals surface area contributed by atoms with Crippen LogP contribution in [0, 0.1) is 0 Å². The first-order valence-corrected chi connectivity index (χ1v) is 11.0. The number of hydrogen-bond acceptors (Lipinski definition) is 2. The summed E-state index contributed by atoms with van der Waals surface area (Å²) in [5.41, 5.74) is 2.44. The third kappa shape index (κ3) is 3.26. The lowest BCUT2D eigenvalue weighted by atomic mass is 9.96. The van der Waals surface area contributed by atoms with Crippen molar-refractivity contribution in [3.05, 3.63) is 103 Å². The highest BCUT2D eigenvalue weighted by Crippen LogP contribution is 2.37. The van der Waals surface area contributed by atoms with Crippen LogP contribution in [0.5, 0.6) is 0 Å². The van der Waals surface area contributed by atoms with Gasteiger partial charge in [-0.25, -0.2) is 0 Å². The molecule has 5 aromatic rings. The Morgan fingerprint density at radius 2 is 0.933 bits per heavy atom. The van der Waals surface area contributed by atoms with Gasteiger partial charge >= 0.3 is 0 Å². The molecule has 0 aromatic heterocycles. The van der Waals surface area contributed by atoms with Crippen LogP contribution >= 0.6 is 0 Å². The number of fused-ring (bicyclic) bond motifs is 2. The van der Waals surface area contributed by atoms with Gasteiger partial charge in [0.25, 0.3) is 10.1 Å². The highest BCUT2D eigenvalue weighted by molar-refractivity contribution is 7.86. The molecular formula is C26H18O3S. The molecule has 3 nitrogen and oxygen atoms in total. The average Bonchev–Trinajstić information content (AvgIpc) is 2.77. The molecule has 0 unspecified atom stereocenters. The summed E-state index contributed by atoms with van der Waals surface area (Å²) in [6, 6.07) is 32.7. The first kappa shape index (κ1) is 18.6. The maximum absolute atomic E-state index is 12.5. The van der Waals surface area contributed by atoms with Gasteiger partial charge in [0.1, 0.15) is 4.90 Å². The summed E-state index contributed by atoms with van der Waals surface area (Å²) >= 11 is 0. The van der Waals surface area contributed by atoms with E-state index in [1.807, 2.05) is 91.0 Å². The Hall–Kier alpha value is -3.47. The minimum atomic E-state index is -4.47. The van der Waals surface area contributed by atoms with Gasteiger partial charge < -0.3 is 0 Å². The molecule has 146 valence electrons. The van der Waals surface area contributed by atoms with Crippen molar-refractivity contribution < 1.29 is 13.0 Å². The lowest BCUT2D eigenvalue weighted by Gasteiger charge is -2.14. The van der Waals surface area contributed by atoms with E-state index in [4.69, 9.17) is 0 Å². The minimum absolute atomic E-state index is 0.0736. The van der Waals surface area contributed by atoms with Crippen molar-refractivity contribution >= 4 is 31.7 Å². The van der Waals surface area contributed by atoms with E-state index in [-0.39, 0.29) is 4.90 Å². The van der Waals surface area contributed by atoms with Crippen molar-refractivity contribution in [2.24, 2.45) is 0 Å². The maximum Gasteiger partial charge on any atom is 0.295 e. The number of rotatable bonds is 3. The average molecular weight is 410 g/mol. The molecule has 5 rings (SSSR count). The summed E-state index contributed by atoms with van der Waals surface area (Å²) in [5, 5.41) is 4.15. The van der Waals surface area contributed by atoms with Gasteiger partial charge in [0.15, 0.2) is 0 Å². The van der Waals surface area contributed by atoms with E-state index < -0.39 is 10.1 Å². The first-order valence-electron chi connectivity index (χ1n) is 9.59. The second kappa shape index (κ2) is 7.10. The lowest BCUT2D eigenvalue weighted by molar-refractivity contribution is 0.484. The van der Waals surface area contributed by atoms with Crippen LogP contribution in [-0.4, -0.2) is 13.0 Å². The molecule has 4 heteroatoms. The topological polar surface area (TPSA) is 54.4 Å². The van der Waals surface area contributed by atoms with Crippen LogP contribution in [0.25, 0.3) is 43.8 Å². The Kier molecular flexibility index (Phi) is 4.39. The molecule has 0 bridgehead atoms. The molecule has 0 aliphatic carbocycles. The van der Waals surface area contributed by atoms with Crippen molar-refractivity contribution in [2.45, 2.75) is 4.90 Å². The van der Waals surface area contributed by atoms with Crippen LogP contribution in [0.1, 0.15) is 0 Å². The minimum Gasteiger partial charge on any atom is -0.282 e. The predicted molar refractivity (Wildman–Crippen MR) is 122 cm³/mol. The maximum atomic E-state index is 12.5. The van der Waals surface area contributed by atoms with Gasteiger partial charge in [-0.3, -0.25) is 4.55 Å². The molecule has 0 saturated heterocycles. The molecule has 0 atom stereocenters. The molecule has 30 heavy (non-hydrogen) atoms. The zero-order chi connectivity index (χ0) is 20.7. The summed E-state index contributed by atoms with van der Waals surface area (Å²) in [6.07, 6.45) is 0. The molecule has 0 radical (unpaired) electrons. The summed E-state index contributed by atoms with van der Waals surface area (Å²) in [7, 11) is -4.47. The standard InChI is InChI=1S/C26H18O3S/c27-30(28,29)26-24(22-14-12-18-6-1-3-8-20(18)16-22)10-5-11-25(26)23-15-13-19-7-2-4-9-21(19)17-23/h1-17H,(H,27,28,29). The zero-order valence-electron chi connectivity index (χ0n) is 16.0. The molecule has 0 amide bonds. The van der Waals surface area contributed by atoms with Gasteiger partial charge in [0.05, 0.1) is 0 Å². The number of benzene rings is 5. The fourth-order valence-corrected chi connectivity index (χ4v) is 4.91. The van der Waals surface area contributed by atoms with Crippen LogP contribution in [0.3, 0.4) is 0 Å². The summed E-state index contributed by atoms with van der Waals surface area (Å²) in [4.78, 5) is -0.0736. The fourth-order valence-electron chi connectivity index (χ4n) is 3.98. The SMILES string of the molecule is O=S(=O)(O)c1c(-c2ccc3ccccc3c2)cccc1-c1ccc2ccccc2c1. The lowest BCUT2D eigenvalue weighted by Crippen LogP contribution is -2.03. The summed E-state index contributed by atoms with van der Waals surface area (Å²) in [5.74, 6) is 0. The van der Waals surface area contributed by atoms with Crippen LogP contribution in [0.15, 0.2) is 108 Å². The Morgan fingerprint density at radius 1 is 0.500 bits per heavy atom. The zero-order valence-corrected chi connectivity index (χ0v) is 16.8. The molecule has 0 aliphatic rings. The molecule has 0 heterocycles. The van der Waals surface area contributed by atoms with Gasteiger partial charge in [-0.1, -0.05) is 91.0 Å². The third-order valence-electron chi connectivity index (χ3n) is 5.39. The Balaban J connectivity index is 1.78. The highest BCUT2D eigenvalue weighted by atomic mass is 32.2. The van der Waals surface area contributed by atoms with E-state index in [1.54, 1.807) is 12.1 Å². The van der Waals surface area contributed by atoms with Gasteiger partial charge in [-0.15, -0.1) is 0 Å². The first-order chi connectivity index (χ1) is 14.5. The van der Waals surface area contributed by atoms with E-state index >= 15 is 0 Å². The molecule has 1 N–H and O–H groups in total. The molecule has 0 saturated carbocycles. The van der Waals surface area contributed by atoms with Crippen molar-refractivity contribution in [3.8, 4) is 22.3 Å². The Morgan fingerprint density at radius 3 is 1.37 bits per heavy atom. The largest absolute Gasteiger partial charge is 0.295 e. The Labute approximate surface area is 175 Å². The van der Waals surface area contributed by atoms with Gasteiger partial charge in [0, 0.05) is 11.1 Å². The van der Waals surface area contributed by atoms with Crippen molar-refractivity contribution in [1.82, 2.24) is 0 Å². The second-order valence-corrected chi connectivity index (χ2v) is 8.64. The van der Waals surface area contributed by atoms with Crippen molar-refractivity contribution in [2.75, 3.05) is 0 Å². The van der Waals surface area contributed by atoms with Crippen LogP contribution in [0.4, 0.5) is 0 Å². The third-order valence-corrected chi connectivity index (χ3v) is 6.35. The van der Waals surface area contributed by atoms with E-state index in [2.05, 4.69) is 0 Å². The Bertz CT molecular complexity index is 1420. The van der Waals surface area contributed by atoms with E-state index in [0.717, 1.165) is 32.7 Å². The molecule has 5 aromatic carbocycles. The molecule has 0 fully saturated rings. The summed E-state index contributed by atoms with van der Waals surface area (Å²) < 4.78 is 35.2. The fraction of sp³-hybridized carbons (Fsp3) is 0. The predicted octanol–water partition coefficient (Wildman–Crippen LogP) is 6.57. The molecular weight excluding hydrogens is 392 g/mol. The van der Waals surface area contributed by atoms with E-state index in [9.17, 15) is 13.0 Å². The van der Waals surface area contributed by atoms with Crippen molar-refractivity contribution in [1.29, 1.82) is 0 Å². The van der Waals surface area contributed by atoms with Gasteiger partial charge in [0.2, 0.25) is 0 Å². The number of hydrogen-bond donors (Lipinski definition) is 1. The highest BCUT2D eigenvalue weighted by Gasteiger charge is 2.22. The van der Waals surface area contributed by atoms with Crippen LogP contribution < -0.4 is 0 Å². The van der Waals surface area contributed by atoms with E-state index in [0.29, 0.717) is 11.1 Å². The van der Waals surface area contributed by atoms with Crippen molar-refractivity contribution in [3.63, 3.8) is 0 Å². The summed E-state index contributed by atoms with van der Waals surface area (Å²) in [6.45, 7) is 0. The monoisotopic (exact) mass is 410 g/mol. The molecule has 0 spiro atoms. The van der Waals surface area contributed by atoms with Gasteiger partial charge in [-0.05, 0) is 44.8 Å². The smallest absolute Gasteiger partial charge is 0.282 e. The van der Waals surface area contributed by atoms with Crippen LogP contribution in [0.2, 0.25) is 0 Å². The van der Waals surface area contributed by atoms with Crippen LogP contribution in [-0.2, 0) is 10.1 Å². The second-order valence-electron chi connectivity index (χ2n) is 7.28. The normalized spacial score (nSPS) is 11.8.